The van der Waals surface area contributed by atoms with E-state index in [-0.39, 0.29) is 32.2 Å². The zero-order chi connectivity index (χ0) is 45.6. The number of sulfonamides is 1. The normalized spacial score (nSPS) is 24.6. The molecule has 7 rings (SSSR count). The Hall–Kier alpha value is -6.24. The van der Waals surface area contributed by atoms with E-state index in [9.17, 15) is 37.5 Å². The van der Waals surface area contributed by atoms with Gasteiger partial charge in [0.25, 0.3) is 5.91 Å². The number of hydrogen-bond acceptors (Lipinski definition) is 12. The van der Waals surface area contributed by atoms with Gasteiger partial charge in [0.2, 0.25) is 27.7 Å². The Labute approximate surface area is 364 Å². The number of carboxylic acid groups (broad SMARTS) is 1. The van der Waals surface area contributed by atoms with Crippen molar-refractivity contribution in [1.29, 1.82) is 0 Å². The molecule has 0 unspecified atom stereocenters. The Kier molecular flexibility index (Phi) is 12.2. The van der Waals surface area contributed by atoms with E-state index in [1.54, 1.807) is 52.0 Å². The summed E-state index contributed by atoms with van der Waals surface area (Å²) in [4.78, 5) is 88.5. The fourth-order valence-corrected chi connectivity index (χ4v) is 9.67. The number of carbonyl (C=O) groups is 6. The summed E-state index contributed by atoms with van der Waals surface area (Å²) in [5.41, 5.74) is -0.986. The quantitative estimate of drug-likeness (QED) is 0.119. The highest BCUT2D eigenvalue weighted by atomic mass is 32.2. The van der Waals surface area contributed by atoms with E-state index in [1.165, 1.54) is 18.1 Å². The fraction of sp³-hybridized carbons (Fsp3) is 0.477. The number of aromatic nitrogens is 1. The second-order valence-electron chi connectivity index (χ2n) is 17.5. The van der Waals surface area contributed by atoms with Crippen LogP contribution in [-0.2, 0) is 38.7 Å². The maximum absolute atomic E-state index is 15.1. The van der Waals surface area contributed by atoms with Crippen LogP contribution in [0.25, 0.3) is 22.2 Å². The SMILES string of the molecule is C=C[C@@H]1C[C@]1(NC(=O)[C@@H]1C[C@@H](Oc2cc(-c3ccccc3)nc3cc(OC)ccc23)CN1C(=O)[C@H](CCC(=O)N[C@@H]1C(=O)O[C@@H]1C)N(C(=O)O)C(C)(C)C)C(=O)NS(=O)(=O)C1CC1. The molecule has 4 N–H and O–H groups in total. The van der Waals surface area contributed by atoms with Crippen LogP contribution in [0.4, 0.5) is 4.79 Å². The molecule has 3 heterocycles. The molecule has 0 bridgehead atoms. The van der Waals surface area contributed by atoms with Crippen molar-refractivity contribution in [3.05, 3.63) is 67.3 Å². The molecule has 7 atom stereocenters. The molecule has 336 valence electrons. The smallest absolute Gasteiger partial charge is 0.408 e. The minimum Gasteiger partial charge on any atom is -0.497 e. The lowest BCUT2D eigenvalue weighted by Crippen LogP contribution is -2.61. The van der Waals surface area contributed by atoms with Crippen LogP contribution in [0.1, 0.15) is 66.2 Å². The van der Waals surface area contributed by atoms with Gasteiger partial charge < -0.3 is 34.9 Å². The maximum atomic E-state index is 15.1. The molecule has 1 aromatic heterocycles. The number of fused-ring (bicyclic) bond motifs is 1. The summed E-state index contributed by atoms with van der Waals surface area (Å²) in [7, 11) is -2.47. The number of nitrogens with zero attached hydrogens (tertiary/aromatic N) is 3. The van der Waals surface area contributed by atoms with Crippen molar-refractivity contribution >= 4 is 56.6 Å². The number of methoxy groups -OCH3 is 1. The molecule has 18 nitrogen and oxygen atoms in total. The number of carbonyl (C=O) groups excluding carboxylic acids is 5. The molecule has 5 amide bonds. The Morgan fingerprint density at radius 2 is 1.83 bits per heavy atom. The number of amides is 5. The van der Waals surface area contributed by atoms with Gasteiger partial charge in [-0.3, -0.25) is 28.8 Å². The van der Waals surface area contributed by atoms with Crippen LogP contribution < -0.4 is 24.8 Å². The van der Waals surface area contributed by atoms with E-state index >= 15 is 4.79 Å². The van der Waals surface area contributed by atoms with Gasteiger partial charge >= 0.3 is 12.1 Å². The van der Waals surface area contributed by atoms with Crippen LogP contribution >= 0.6 is 0 Å². The summed E-state index contributed by atoms with van der Waals surface area (Å²) in [6.45, 7) is 9.90. The topological polar surface area (TPSA) is 240 Å². The number of esters is 1. The number of cyclic esters (lactones) is 1. The summed E-state index contributed by atoms with van der Waals surface area (Å²) in [6.07, 6.45) is -1.46. The number of pyridine rings is 1. The first-order valence-electron chi connectivity index (χ1n) is 20.8. The second-order valence-corrected chi connectivity index (χ2v) is 19.4. The van der Waals surface area contributed by atoms with Crippen LogP contribution in [0.2, 0.25) is 0 Å². The fourth-order valence-electron chi connectivity index (χ4n) is 8.31. The highest BCUT2D eigenvalue weighted by molar-refractivity contribution is 7.91. The lowest BCUT2D eigenvalue weighted by molar-refractivity contribution is -0.176. The molecule has 4 aliphatic rings. The minimum absolute atomic E-state index is 0.0469. The van der Waals surface area contributed by atoms with E-state index in [1.807, 2.05) is 30.3 Å². The van der Waals surface area contributed by atoms with Gasteiger partial charge in [-0.2, -0.15) is 0 Å². The molecule has 2 aliphatic heterocycles. The van der Waals surface area contributed by atoms with Crippen molar-refractivity contribution < 1.29 is 56.5 Å². The largest absolute Gasteiger partial charge is 0.497 e. The molecule has 2 aliphatic carbocycles. The summed E-state index contributed by atoms with van der Waals surface area (Å²) < 4.78 is 44.9. The van der Waals surface area contributed by atoms with E-state index < -0.39 is 98.3 Å². The van der Waals surface area contributed by atoms with Crippen molar-refractivity contribution in [1.82, 2.24) is 30.1 Å². The summed E-state index contributed by atoms with van der Waals surface area (Å²) in [5, 5.41) is 15.8. The number of rotatable bonds is 16. The third-order valence-corrected chi connectivity index (χ3v) is 13.8. The molecule has 2 saturated carbocycles. The molecule has 4 fully saturated rings. The second kappa shape index (κ2) is 17.1. The first-order valence-corrected chi connectivity index (χ1v) is 22.3. The molecule has 19 heteroatoms. The summed E-state index contributed by atoms with van der Waals surface area (Å²) in [6, 6.07) is 12.6. The minimum atomic E-state index is -4.00. The molecule has 0 spiro atoms. The molecule has 3 aromatic rings. The summed E-state index contributed by atoms with van der Waals surface area (Å²) in [5.74, 6) is -3.51. The zero-order valence-electron chi connectivity index (χ0n) is 35.7. The lowest BCUT2D eigenvalue weighted by Gasteiger charge is -2.41. The third-order valence-electron chi connectivity index (χ3n) is 12.0. The monoisotopic (exact) mass is 888 g/mol. The Morgan fingerprint density at radius 3 is 2.41 bits per heavy atom. The van der Waals surface area contributed by atoms with Crippen molar-refractivity contribution in [2.75, 3.05) is 13.7 Å². The Balaban J connectivity index is 1.24. The van der Waals surface area contributed by atoms with Gasteiger partial charge in [0.15, 0.2) is 6.04 Å². The maximum Gasteiger partial charge on any atom is 0.408 e. The van der Waals surface area contributed by atoms with E-state index in [4.69, 9.17) is 19.2 Å². The zero-order valence-corrected chi connectivity index (χ0v) is 36.5. The molecule has 2 saturated heterocycles. The van der Waals surface area contributed by atoms with Crippen LogP contribution in [0.3, 0.4) is 0 Å². The van der Waals surface area contributed by atoms with Gasteiger partial charge in [0.05, 0.1) is 30.1 Å². The standard InChI is InChI=1S/C44H52N6O12S/c1-7-26-22-44(26,41(55)48-63(58,59)29-14-15-29)47-38(52)34-20-28(62-35-21-31(25-11-9-8-10-12-25)45-32-19-27(60-6)13-16-30(32)35)23-49(34)39(53)33(50(42(56)57)43(3,4)5)17-18-36(51)46-37-24(2)61-40(37)54/h7-13,16,19,21,24,26,28-29,33-34,37H,1,14-15,17-18,20,22-23H2,2-6H3,(H,46,51)(H,47,52)(H,48,55)(H,56,57)/t24-,26-,28-,33+,34+,37+,44-/m1/s1. The molecule has 2 aromatic carbocycles. The number of nitrogens with one attached hydrogen (secondary N) is 3. The van der Waals surface area contributed by atoms with Crippen LogP contribution in [0.5, 0.6) is 11.5 Å². The van der Waals surface area contributed by atoms with Crippen LogP contribution in [-0.4, -0.2) is 124 Å². The van der Waals surface area contributed by atoms with E-state index in [0.29, 0.717) is 40.9 Å². The van der Waals surface area contributed by atoms with Gasteiger partial charge in [-0.1, -0.05) is 36.4 Å². The van der Waals surface area contributed by atoms with Gasteiger partial charge in [-0.15, -0.1) is 6.58 Å². The molecule has 0 radical (unpaired) electrons. The van der Waals surface area contributed by atoms with Crippen molar-refractivity contribution in [3.63, 3.8) is 0 Å². The van der Waals surface area contributed by atoms with Gasteiger partial charge in [-0.05, 0) is 65.5 Å². The van der Waals surface area contributed by atoms with Crippen LogP contribution in [0, 0.1) is 5.92 Å². The molecular formula is C44H52N6O12S. The van der Waals surface area contributed by atoms with Gasteiger partial charge in [0, 0.05) is 47.4 Å². The predicted octanol–water partition coefficient (Wildman–Crippen LogP) is 3.29. The summed E-state index contributed by atoms with van der Waals surface area (Å²) >= 11 is 0. The van der Waals surface area contributed by atoms with E-state index in [2.05, 4.69) is 21.9 Å². The highest BCUT2D eigenvalue weighted by Gasteiger charge is 2.62. The third kappa shape index (κ3) is 9.28. The number of hydrogen-bond donors (Lipinski definition) is 4. The molecular weight excluding hydrogens is 837 g/mol. The van der Waals surface area contributed by atoms with Gasteiger partial charge in [0.1, 0.15) is 41.3 Å². The van der Waals surface area contributed by atoms with Crippen molar-refractivity contribution in [2.45, 2.75) is 113 Å². The Morgan fingerprint density at radius 1 is 1.11 bits per heavy atom. The average molecular weight is 889 g/mol. The number of benzene rings is 2. The van der Waals surface area contributed by atoms with Crippen LogP contribution in [0.15, 0.2) is 67.3 Å². The van der Waals surface area contributed by atoms with Gasteiger partial charge in [-0.25, -0.2) is 23.0 Å². The number of likely N-dealkylation sites (tertiary alicyclic amines) is 1. The first-order chi connectivity index (χ1) is 29.8. The average Bonchev–Trinajstić information content (AvgIpc) is 4.17. The number of ether oxygens (including phenoxy) is 3. The highest BCUT2D eigenvalue weighted by Crippen LogP contribution is 2.46. The lowest BCUT2D eigenvalue weighted by atomic mass is 9.98. The Bertz CT molecular complexity index is 2460. The van der Waals surface area contributed by atoms with E-state index in [0.717, 1.165) is 10.5 Å². The van der Waals surface area contributed by atoms with Crippen molar-refractivity contribution in [2.24, 2.45) is 5.92 Å². The molecule has 63 heavy (non-hydrogen) atoms. The first kappa shape index (κ1) is 44.8. The van der Waals surface area contributed by atoms with Crippen molar-refractivity contribution in [3.8, 4) is 22.8 Å². The predicted molar refractivity (Wildman–Crippen MR) is 228 cm³/mol.